The second kappa shape index (κ2) is 12.1. The average Bonchev–Trinajstić information content (AvgIpc) is 3.46. The van der Waals surface area contributed by atoms with Crippen molar-refractivity contribution in [3.63, 3.8) is 0 Å². The Morgan fingerprint density at radius 3 is 2.48 bits per heavy atom. The van der Waals surface area contributed by atoms with E-state index in [-0.39, 0.29) is 29.0 Å². The molecule has 0 aromatic heterocycles. The molecule has 2 amide bonds. The number of nitrogens with one attached hydrogen (secondary N) is 1. The molecular weight excluding hydrogens is 531 g/mol. The molecule has 1 spiro atoms. The number of carbonyl (C=O) groups excluding carboxylic acids is 2. The van der Waals surface area contributed by atoms with Gasteiger partial charge in [-0.3, -0.25) is 9.59 Å². The zero-order chi connectivity index (χ0) is 29.3. The van der Waals surface area contributed by atoms with Gasteiger partial charge in [0, 0.05) is 75.5 Å². The van der Waals surface area contributed by atoms with Crippen molar-refractivity contribution in [2.24, 2.45) is 17.3 Å². The average molecular weight is 579 g/mol. The van der Waals surface area contributed by atoms with Crippen molar-refractivity contribution in [3.8, 4) is 0 Å². The minimum atomic E-state index is -0.972. The second-order valence-electron chi connectivity index (χ2n) is 13.6. The first kappa shape index (κ1) is 29.4. The van der Waals surface area contributed by atoms with Gasteiger partial charge in [-0.05, 0) is 43.2 Å². The molecule has 2 saturated heterocycles. The Bertz CT molecular complexity index is 1230. The van der Waals surface area contributed by atoms with Crippen LogP contribution >= 0.6 is 0 Å². The number of piperidine rings is 1. The van der Waals surface area contributed by atoms with Gasteiger partial charge in [0.15, 0.2) is 0 Å². The minimum Gasteiger partial charge on any atom is -0.387 e. The Morgan fingerprint density at radius 1 is 1.05 bits per heavy atom. The zero-order valence-electron chi connectivity index (χ0n) is 25.1. The summed E-state index contributed by atoms with van der Waals surface area (Å²) in [5, 5.41) is 15.7. The Morgan fingerprint density at radius 2 is 1.79 bits per heavy atom. The number of hydrogen-bond acceptors (Lipinski definition) is 5. The van der Waals surface area contributed by atoms with Crippen LogP contribution in [0.15, 0.2) is 42.1 Å². The van der Waals surface area contributed by atoms with Crippen LogP contribution in [0.1, 0.15) is 70.3 Å². The number of amides is 2. The van der Waals surface area contributed by atoms with E-state index in [9.17, 15) is 19.1 Å². The van der Waals surface area contributed by atoms with Crippen molar-refractivity contribution in [2.45, 2.75) is 70.3 Å². The molecule has 42 heavy (non-hydrogen) atoms. The van der Waals surface area contributed by atoms with Gasteiger partial charge in [0.25, 0.3) is 5.91 Å². The Kier molecular flexibility index (Phi) is 8.47. The summed E-state index contributed by atoms with van der Waals surface area (Å²) < 4.78 is 14.9. The molecule has 2 aliphatic carbocycles. The topological polar surface area (TPSA) is 76.1 Å². The third kappa shape index (κ3) is 5.64. The van der Waals surface area contributed by atoms with E-state index >= 15 is 0 Å². The van der Waals surface area contributed by atoms with E-state index in [4.69, 9.17) is 0 Å². The van der Waals surface area contributed by atoms with Gasteiger partial charge in [-0.2, -0.15) is 0 Å². The van der Waals surface area contributed by atoms with Gasteiger partial charge in [-0.25, -0.2) is 4.39 Å². The van der Waals surface area contributed by atoms with Crippen molar-refractivity contribution in [1.82, 2.24) is 20.0 Å². The fourth-order valence-corrected chi connectivity index (χ4v) is 8.14. The van der Waals surface area contributed by atoms with E-state index in [2.05, 4.69) is 17.1 Å². The molecule has 228 valence electrons. The standard InChI is InChI=1S/C34H47FN4O3/c1-25(21-26-7-6-8-26)31(40)39-18-14-34(42,33(23-39)12-4-5-13-33)24-37-17-11-27(28-9-2-3-10-30(28)35)29(22-37)32(41)38-19-15-36-16-20-38/h2-3,9-11,22,25-26,36,42H,4-8,12-21,23-24H2,1H3/t25-,34-/m1/s1. The van der Waals surface area contributed by atoms with E-state index in [0.29, 0.717) is 68.3 Å². The highest BCUT2D eigenvalue weighted by atomic mass is 19.1. The maximum absolute atomic E-state index is 14.9. The lowest BCUT2D eigenvalue weighted by Crippen LogP contribution is -2.64. The van der Waals surface area contributed by atoms with Gasteiger partial charge < -0.3 is 25.1 Å². The van der Waals surface area contributed by atoms with Crippen LogP contribution in [-0.4, -0.2) is 89.6 Å². The Balaban J connectivity index is 1.23. The minimum absolute atomic E-state index is 0.0328. The Labute approximate surface area is 249 Å². The number of carbonyl (C=O) groups is 2. The molecule has 3 heterocycles. The van der Waals surface area contributed by atoms with Crippen molar-refractivity contribution in [1.29, 1.82) is 0 Å². The monoisotopic (exact) mass is 578 g/mol. The van der Waals surface area contributed by atoms with Crippen LogP contribution < -0.4 is 5.32 Å². The lowest BCUT2D eigenvalue weighted by Gasteiger charge is -2.54. The molecule has 1 aromatic carbocycles. The molecule has 0 radical (unpaired) electrons. The van der Waals surface area contributed by atoms with Gasteiger partial charge >= 0.3 is 0 Å². The first-order valence-electron chi connectivity index (χ1n) is 16.2. The Hall–Kier alpha value is -2.71. The molecular formula is C34H47FN4O3. The molecule has 1 aromatic rings. The van der Waals surface area contributed by atoms with Crippen LogP contribution in [0.3, 0.4) is 0 Å². The quantitative estimate of drug-likeness (QED) is 0.508. The molecule has 8 heteroatoms. The second-order valence-corrected chi connectivity index (χ2v) is 13.6. The van der Waals surface area contributed by atoms with Crippen molar-refractivity contribution in [2.75, 3.05) is 52.4 Å². The van der Waals surface area contributed by atoms with E-state index < -0.39 is 5.60 Å². The highest BCUT2D eigenvalue weighted by Gasteiger charge is 2.56. The number of piperazine rings is 1. The molecule has 5 aliphatic rings. The predicted molar refractivity (Wildman–Crippen MR) is 162 cm³/mol. The highest BCUT2D eigenvalue weighted by molar-refractivity contribution is 6.09. The molecule has 7 nitrogen and oxygen atoms in total. The molecule has 0 unspecified atom stereocenters. The normalized spacial score (nSPS) is 27.0. The predicted octanol–water partition coefficient (Wildman–Crippen LogP) is 4.19. The number of nitrogens with zero attached hydrogens (tertiary/aromatic N) is 3. The van der Waals surface area contributed by atoms with Crippen molar-refractivity contribution in [3.05, 3.63) is 53.5 Å². The summed E-state index contributed by atoms with van der Waals surface area (Å²) >= 11 is 0. The lowest BCUT2D eigenvalue weighted by molar-refractivity contribution is -0.162. The smallest absolute Gasteiger partial charge is 0.256 e. The van der Waals surface area contributed by atoms with E-state index in [0.717, 1.165) is 45.2 Å². The van der Waals surface area contributed by atoms with E-state index in [1.54, 1.807) is 18.2 Å². The van der Waals surface area contributed by atoms with Gasteiger partial charge in [0.1, 0.15) is 5.82 Å². The first-order chi connectivity index (χ1) is 20.3. The summed E-state index contributed by atoms with van der Waals surface area (Å²) in [6.45, 7) is 6.82. The van der Waals surface area contributed by atoms with E-state index in [1.807, 2.05) is 22.1 Å². The summed E-state index contributed by atoms with van der Waals surface area (Å²) in [6, 6.07) is 6.63. The third-order valence-corrected chi connectivity index (χ3v) is 10.9. The van der Waals surface area contributed by atoms with Gasteiger partial charge in [0.2, 0.25) is 5.91 Å². The number of hydrogen-bond donors (Lipinski definition) is 2. The lowest BCUT2D eigenvalue weighted by atomic mass is 9.65. The summed E-state index contributed by atoms with van der Waals surface area (Å²) in [4.78, 5) is 33.3. The number of halogens is 1. The summed E-state index contributed by atoms with van der Waals surface area (Å²) in [5.41, 5.74) is 0.218. The van der Waals surface area contributed by atoms with E-state index in [1.165, 1.54) is 25.3 Å². The van der Waals surface area contributed by atoms with Crippen LogP contribution in [0.2, 0.25) is 0 Å². The SMILES string of the molecule is C[C@H](CC1CCC1)C(=O)N1CC[C@@](O)(CN2C=C(C(=O)N3CCNCC3)C(c3ccccc3F)=CC2)C2(CCCC2)C1. The van der Waals surface area contributed by atoms with Gasteiger partial charge in [-0.15, -0.1) is 0 Å². The largest absolute Gasteiger partial charge is 0.387 e. The molecule has 0 bridgehead atoms. The summed E-state index contributed by atoms with van der Waals surface area (Å²) in [6.07, 6.45) is 13.0. The van der Waals surface area contributed by atoms with Crippen molar-refractivity contribution < 1.29 is 19.1 Å². The maximum atomic E-state index is 14.9. The third-order valence-electron chi connectivity index (χ3n) is 10.9. The van der Waals surface area contributed by atoms with Crippen LogP contribution in [0.5, 0.6) is 0 Å². The zero-order valence-corrected chi connectivity index (χ0v) is 25.1. The van der Waals surface area contributed by atoms with Crippen LogP contribution in [-0.2, 0) is 9.59 Å². The highest BCUT2D eigenvalue weighted by Crippen LogP contribution is 2.52. The number of benzene rings is 1. The fraction of sp³-hybridized carbons (Fsp3) is 0.647. The maximum Gasteiger partial charge on any atom is 0.256 e. The fourth-order valence-electron chi connectivity index (χ4n) is 8.14. The number of aliphatic hydroxyl groups is 1. The molecule has 2 N–H and O–H groups in total. The van der Waals surface area contributed by atoms with Crippen LogP contribution in [0.25, 0.3) is 5.57 Å². The molecule has 6 rings (SSSR count). The molecule has 2 saturated carbocycles. The summed E-state index contributed by atoms with van der Waals surface area (Å²) in [7, 11) is 0. The van der Waals surface area contributed by atoms with Gasteiger partial charge in [-0.1, -0.05) is 63.3 Å². The van der Waals surface area contributed by atoms with Crippen molar-refractivity contribution >= 4 is 17.4 Å². The summed E-state index contributed by atoms with van der Waals surface area (Å²) in [5.74, 6) is 0.528. The first-order valence-corrected chi connectivity index (χ1v) is 16.2. The molecule has 4 fully saturated rings. The van der Waals surface area contributed by atoms with Crippen LogP contribution in [0, 0.1) is 23.1 Å². The number of β-amino-alcohol motifs (C(OH)–C–C–N with tert-alkyl or cyclic N) is 1. The molecule has 2 atom stereocenters. The van der Waals surface area contributed by atoms with Gasteiger partial charge in [0.05, 0.1) is 11.2 Å². The van der Waals surface area contributed by atoms with Crippen LogP contribution in [0.4, 0.5) is 4.39 Å². The number of rotatable bonds is 7. The molecule has 3 aliphatic heterocycles. The number of likely N-dealkylation sites (tertiary alicyclic amines) is 1.